The van der Waals surface area contributed by atoms with Gasteiger partial charge in [0.1, 0.15) is 0 Å². The summed E-state index contributed by atoms with van der Waals surface area (Å²) in [7, 11) is 0. The van der Waals surface area contributed by atoms with Crippen molar-refractivity contribution in [1.29, 1.82) is 0 Å². The highest BCUT2D eigenvalue weighted by Crippen LogP contribution is 2.69. The maximum Gasteiger partial charge on any atom is 0.0637 e. The summed E-state index contributed by atoms with van der Waals surface area (Å²) in [6, 6.07) is 0. The summed E-state index contributed by atoms with van der Waals surface area (Å²) in [4.78, 5) is 2.79. The average Bonchev–Trinajstić information content (AvgIpc) is 3.44. The van der Waals surface area contributed by atoms with Gasteiger partial charge < -0.3 is 36.3 Å². The Balaban J connectivity index is 1.50. The molecule has 288 valence electrons. The minimum atomic E-state index is 0.207. The fourth-order valence-corrected chi connectivity index (χ4v) is 11.5. The van der Waals surface area contributed by atoms with Gasteiger partial charge in [0, 0.05) is 19.8 Å². The van der Waals surface area contributed by atoms with Crippen molar-refractivity contribution in [2.24, 2.45) is 57.6 Å². The van der Waals surface area contributed by atoms with Gasteiger partial charge in [0.25, 0.3) is 0 Å². The van der Waals surface area contributed by atoms with Crippen molar-refractivity contribution in [2.75, 3.05) is 59.1 Å². The van der Waals surface area contributed by atoms with E-state index in [1.165, 1.54) is 116 Å². The van der Waals surface area contributed by atoms with Crippen LogP contribution in [-0.2, 0) is 14.2 Å². The van der Waals surface area contributed by atoms with E-state index in [2.05, 4.69) is 32.6 Å². The highest BCUT2D eigenvalue weighted by atomic mass is 16.5. The van der Waals surface area contributed by atoms with Crippen molar-refractivity contribution >= 4 is 0 Å². The van der Waals surface area contributed by atoms with Crippen LogP contribution in [0.2, 0.25) is 0 Å². The summed E-state index contributed by atoms with van der Waals surface area (Å²) in [6.45, 7) is 18.3. The summed E-state index contributed by atoms with van der Waals surface area (Å²) >= 11 is 0. The van der Waals surface area contributed by atoms with Crippen LogP contribution in [0.15, 0.2) is 0 Å². The lowest BCUT2D eigenvalue weighted by atomic mass is 9.43. The average molecular weight is 691 g/mol. The molecule has 0 aromatic heterocycles. The molecule has 0 saturated heterocycles. The number of nitrogens with zero attached hydrogens (tertiary/aromatic N) is 1. The molecule has 0 aromatic carbocycles. The first-order valence-corrected chi connectivity index (χ1v) is 21.5. The minimum Gasteiger partial charge on any atom is -0.378 e. The van der Waals surface area contributed by atoms with Crippen LogP contribution in [-0.4, -0.2) is 82.3 Å². The SMILES string of the molecule is CCCCCN(CCCCC)CCCC[C@H]1CC[C@H]2[C@@H]3[C@H](OCCCN)C[C@@H]4C[C@H](OCCCN)CC[C@]4(C)[C@H]3C[C@H](OCCCN)[C@]12C. The van der Waals surface area contributed by atoms with E-state index in [9.17, 15) is 0 Å². The van der Waals surface area contributed by atoms with E-state index in [1.54, 1.807) is 0 Å². The second-order valence-electron chi connectivity index (χ2n) is 17.3. The molecule has 0 radical (unpaired) electrons. The van der Waals surface area contributed by atoms with Gasteiger partial charge in [-0.1, -0.05) is 59.8 Å². The molecule has 6 N–H and O–H groups in total. The third kappa shape index (κ3) is 10.7. The molecule has 0 amide bonds. The molecule has 7 nitrogen and oxygen atoms in total. The smallest absolute Gasteiger partial charge is 0.0637 e. The van der Waals surface area contributed by atoms with Crippen molar-refractivity contribution < 1.29 is 14.2 Å². The van der Waals surface area contributed by atoms with E-state index in [-0.39, 0.29) is 5.41 Å². The standard InChI is InChI=1S/C42H82N4O3/c1-5-7-10-24-46(25-11-8-6-2)26-12-9-16-33-17-18-36-40-37(32-39(42(33,36)4)49-29-15-23-45)41(3)20-19-35(47-27-13-21-43)30-34(41)31-38(40)48-28-14-22-44/h33-40H,5-32,43-45H2,1-4H3/t33-,34-,35+,36-,37-,38+,39-,40-,41-,42+/m0/s1. The fourth-order valence-electron chi connectivity index (χ4n) is 11.5. The van der Waals surface area contributed by atoms with Crippen LogP contribution >= 0.6 is 0 Å². The highest BCUT2D eigenvalue weighted by Gasteiger charge is 2.66. The van der Waals surface area contributed by atoms with Crippen LogP contribution in [0.4, 0.5) is 0 Å². The number of nitrogens with two attached hydrogens (primary N) is 3. The third-order valence-corrected chi connectivity index (χ3v) is 14.4. The predicted octanol–water partition coefficient (Wildman–Crippen LogP) is 7.92. The van der Waals surface area contributed by atoms with Crippen molar-refractivity contribution in [3.05, 3.63) is 0 Å². The van der Waals surface area contributed by atoms with Gasteiger partial charge in [-0.2, -0.15) is 0 Å². The molecule has 4 fully saturated rings. The maximum absolute atomic E-state index is 7.04. The topological polar surface area (TPSA) is 109 Å². The fraction of sp³-hybridized carbons (Fsp3) is 1.00. The summed E-state index contributed by atoms with van der Waals surface area (Å²) in [5, 5.41) is 0. The van der Waals surface area contributed by atoms with Crippen LogP contribution in [0, 0.1) is 40.4 Å². The minimum absolute atomic E-state index is 0.207. The second-order valence-corrected chi connectivity index (χ2v) is 17.3. The van der Waals surface area contributed by atoms with E-state index in [1.807, 2.05) is 0 Å². The van der Waals surface area contributed by atoms with E-state index in [0.717, 1.165) is 51.4 Å². The summed E-state index contributed by atoms with van der Waals surface area (Å²) in [5.41, 5.74) is 18.3. The molecule has 49 heavy (non-hydrogen) atoms. The molecule has 7 heteroatoms. The third-order valence-electron chi connectivity index (χ3n) is 14.4. The molecule has 4 saturated carbocycles. The molecule has 0 aliphatic heterocycles. The Labute approximate surface area is 303 Å². The monoisotopic (exact) mass is 691 g/mol. The molecule has 4 aliphatic rings. The molecule has 0 unspecified atom stereocenters. The molecule has 0 spiro atoms. The molecule has 0 heterocycles. The first kappa shape index (κ1) is 41.5. The van der Waals surface area contributed by atoms with Crippen molar-refractivity contribution in [3.8, 4) is 0 Å². The molecular weight excluding hydrogens is 608 g/mol. The Morgan fingerprint density at radius 1 is 0.633 bits per heavy atom. The predicted molar refractivity (Wildman–Crippen MR) is 206 cm³/mol. The van der Waals surface area contributed by atoms with E-state index >= 15 is 0 Å². The van der Waals surface area contributed by atoms with Gasteiger partial charge >= 0.3 is 0 Å². The summed E-state index contributed by atoms with van der Waals surface area (Å²) in [6.07, 6.45) is 24.6. The number of ether oxygens (including phenoxy) is 3. The van der Waals surface area contributed by atoms with Gasteiger partial charge in [-0.15, -0.1) is 0 Å². The van der Waals surface area contributed by atoms with Crippen LogP contribution in [0.3, 0.4) is 0 Å². The Kier molecular flexibility index (Phi) is 18.1. The zero-order chi connectivity index (χ0) is 35.1. The Morgan fingerprint density at radius 3 is 1.88 bits per heavy atom. The van der Waals surface area contributed by atoms with E-state index < -0.39 is 0 Å². The Hall–Kier alpha value is -0.280. The normalized spacial score (nSPS) is 35.8. The summed E-state index contributed by atoms with van der Waals surface area (Å²) in [5.74, 6) is 3.29. The van der Waals surface area contributed by atoms with Crippen molar-refractivity contribution in [2.45, 2.75) is 168 Å². The first-order chi connectivity index (χ1) is 23.9. The lowest BCUT2D eigenvalue weighted by Gasteiger charge is -2.64. The van der Waals surface area contributed by atoms with Crippen LogP contribution in [0.5, 0.6) is 0 Å². The largest absolute Gasteiger partial charge is 0.378 e. The first-order valence-electron chi connectivity index (χ1n) is 21.5. The van der Waals surface area contributed by atoms with Gasteiger partial charge in [0.05, 0.1) is 18.3 Å². The molecule has 4 aliphatic carbocycles. The molecule has 0 bridgehead atoms. The molecule has 0 aromatic rings. The van der Waals surface area contributed by atoms with Gasteiger partial charge in [0.2, 0.25) is 0 Å². The molecule has 4 rings (SSSR count). The van der Waals surface area contributed by atoms with Gasteiger partial charge in [0.15, 0.2) is 0 Å². The molecular formula is C42H82N4O3. The zero-order valence-corrected chi connectivity index (χ0v) is 32.8. The van der Waals surface area contributed by atoms with E-state index in [0.29, 0.717) is 67.0 Å². The Morgan fingerprint density at radius 2 is 1.24 bits per heavy atom. The lowest BCUT2D eigenvalue weighted by Crippen LogP contribution is -2.63. The van der Waals surface area contributed by atoms with E-state index in [4.69, 9.17) is 31.4 Å². The second kappa shape index (κ2) is 21.4. The lowest BCUT2D eigenvalue weighted by molar-refractivity contribution is -0.225. The van der Waals surface area contributed by atoms with Gasteiger partial charge in [-0.25, -0.2) is 0 Å². The number of fused-ring (bicyclic) bond motifs is 5. The van der Waals surface area contributed by atoms with Crippen LogP contribution < -0.4 is 17.2 Å². The molecule has 10 atom stereocenters. The number of hydrogen-bond donors (Lipinski definition) is 3. The zero-order valence-electron chi connectivity index (χ0n) is 32.8. The van der Waals surface area contributed by atoms with Crippen molar-refractivity contribution in [3.63, 3.8) is 0 Å². The van der Waals surface area contributed by atoms with Gasteiger partial charge in [-0.05, 0) is 170 Å². The Bertz CT molecular complexity index is 884. The highest BCUT2D eigenvalue weighted by molar-refractivity contribution is 5.14. The van der Waals surface area contributed by atoms with Crippen LogP contribution in [0.1, 0.15) is 150 Å². The number of hydrogen-bond acceptors (Lipinski definition) is 7. The quantitative estimate of drug-likeness (QED) is 0.0836. The van der Waals surface area contributed by atoms with Crippen molar-refractivity contribution in [1.82, 2.24) is 4.90 Å². The number of unbranched alkanes of at least 4 members (excludes halogenated alkanes) is 5. The summed E-state index contributed by atoms with van der Waals surface area (Å²) < 4.78 is 20.4. The van der Waals surface area contributed by atoms with Crippen LogP contribution in [0.25, 0.3) is 0 Å². The van der Waals surface area contributed by atoms with Gasteiger partial charge in [-0.3, -0.25) is 0 Å². The number of rotatable bonds is 25. The maximum atomic E-state index is 7.04.